The summed E-state index contributed by atoms with van der Waals surface area (Å²) in [4.78, 5) is 12.9. The predicted octanol–water partition coefficient (Wildman–Crippen LogP) is 4.71. The Hall–Kier alpha value is -1.55. The Bertz CT molecular complexity index is 554. The van der Waals surface area contributed by atoms with Crippen molar-refractivity contribution in [1.82, 2.24) is 0 Å². The predicted molar refractivity (Wildman–Crippen MR) is 97.6 cm³/mol. The molecule has 1 aliphatic carbocycles. The Morgan fingerprint density at radius 2 is 2.17 bits per heavy atom. The van der Waals surface area contributed by atoms with E-state index >= 15 is 0 Å². The highest BCUT2D eigenvalue weighted by atomic mass is 16.5. The number of carbonyl (C=O) groups is 1. The zero-order valence-corrected chi connectivity index (χ0v) is 15.5. The highest BCUT2D eigenvalue weighted by Crippen LogP contribution is 2.36. The van der Waals surface area contributed by atoms with Crippen molar-refractivity contribution in [2.24, 2.45) is 5.92 Å². The summed E-state index contributed by atoms with van der Waals surface area (Å²) < 4.78 is 11.6. The maximum Gasteiger partial charge on any atom is 0.256 e. The van der Waals surface area contributed by atoms with Crippen LogP contribution in [0.3, 0.4) is 0 Å². The molecule has 1 amide bonds. The van der Waals surface area contributed by atoms with Crippen LogP contribution in [0.15, 0.2) is 18.2 Å². The largest absolute Gasteiger partial charge is 0.493 e. The van der Waals surface area contributed by atoms with Crippen molar-refractivity contribution in [2.45, 2.75) is 65.4 Å². The van der Waals surface area contributed by atoms with Crippen molar-refractivity contribution in [2.75, 3.05) is 18.5 Å². The lowest BCUT2D eigenvalue weighted by molar-refractivity contribution is -0.147. The third kappa shape index (κ3) is 4.50. The lowest BCUT2D eigenvalue weighted by Crippen LogP contribution is -2.48. The number of anilines is 1. The molecule has 1 fully saturated rings. The van der Waals surface area contributed by atoms with E-state index in [1.165, 1.54) is 6.42 Å². The van der Waals surface area contributed by atoms with Gasteiger partial charge in [0.15, 0.2) is 0 Å². The Morgan fingerprint density at radius 3 is 2.79 bits per heavy atom. The number of rotatable bonds is 7. The second-order valence-corrected chi connectivity index (χ2v) is 6.91. The molecule has 1 saturated carbocycles. The van der Waals surface area contributed by atoms with Crippen LogP contribution in [0.4, 0.5) is 5.69 Å². The number of amides is 1. The van der Waals surface area contributed by atoms with E-state index in [0.29, 0.717) is 19.1 Å². The lowest BCUT2D eigenvalue weighted by atomic mass is 9.78. The number of benzene rings is 1. The highest BCUT2D eigenvalue weighted by Gasteiger charge is 2.42. The van der Waals surface area contributed by atoms with Crippen molar-refractivity contribution in [1.29, 1.82) is 0 Å². The van der Waals surface area contributed by atoms with Gasteiger partial charge >= 0.3 is 0 Å². The summed E-state index contributed by atoms with van der Waals surface area (Å²) in [5.41, 5.74) is 1.15. The summed E-state index contributed by atoms with van der Waals surface area (Å²) >= 11 is 0. The zero-order chi connectivity index (χ0) is 17.6. The van der Waals surface area contributed by atoms with Crippen molar-refractivity contribution in [3.63, 3.8) is 0 Å². The SMILES string of the molecule is CCCOc1ccc(NC(=O)[C@@]2(OCC)CCC[C@H](C)C2)cc1C. The van der Waals surface area contributed by atoms with Crippen molar-refractivity contribution < 1.29 is 14.3 Å². The summed E-state index contributed by atoms with van der Waals surface area (Å²) in [6, 6.07) is 5.80. The number of ether oxygens (including phenoxy) is 2. The zero-order valence-electron chi connectivity index (χ0n) is 15.5. The van der Waals surface area contributed by atoms with Crippen LogP contribution in [0.5, 0.6) is 5.75 Å². The van der Waals surface area contributed by atoms with E-state index in [2.05, 4.69) is 19.2 Å². The molecule has 0 spiro atoms. The molecule has 24 heavy (non-hydrogen) atoms. The van der Waals surface area contributed by atoms with Gasteiger partial charge in [-0.2, -0.15) is 0 Å². The van der Waals surface area contributed by atoms with Crippen molar-refractivity contribution >= 4 is 11.6 Å². The highest BCUT2D eigenvalue weighted by molar-refractivity contribution is 5.97. The molecule has 2 atom stereocenters. The Labute approximate surface area is 145 Å². The quantitative estimate of drug-likeness (QED) is 0.786. The van der Waals surface area contributed by atoms with Crippen LogP contribution in [-0.4, -0.2) is 24.7 Å². The molecular formula is C20H31NO3. The molecule has 4 heteroatoms. The van der Waals surface area contributed by atoms with Crippen LogP contribution in [0.2, 0.25) is 0 Å². The van der Waals surface area contributed by atoms with E-state index in [-0.39, 0.29) is 5.91 Å². The first-order valence-electron chi connectivity index (χ1n) is 9.19. The van der Waals surface area contributed by atoms with Crippen LogP contribution < -0.4 is 10.1 Å². The Morgan fingerprint density at radius 1 is 1.38 bits per heavy atom. The van der Waals surface area contributed by atoms with E-state index in [1.54, 1.807) is 0 Å². The second-order valence-electron chi connectivity index (χ2n) is 6.91. The van der Waals surface area contributed by atoms with E-state index < -0.39 is 5.60 Å². The first-order valence-corrected chi connectivity index (χ1v) is 9.19. The van der Waals surface area contributed by atoms with Gasteiger partial charge in [0.25, 0.3) is 5.91 Å². The van der Waals surface area contributed by atoms with E-state index in [1.807, 2.05) is 32.0 Å². The van der Waals surface area contributed by atoms with Gasteiger partial charge in [-0.15, -0.1) is 0 Å². The van der Waals surface area contributed by atoms with Gasteiger partial charge in [0.2, 0.25) is 0 Å². The molecule has 2 rings (SSSR count). The fourth-order valence-electron chi connectivity index (χ4n) is 3.53. The normalized spacial score (nSPS) is 23.8. The van der Waals surface area contributed by atoms with Crippen LogP contribution in [0.25, 0.3) is 0 Å². The molecule has 0 unspecified atom stereocenters. The number of hydrogen-bond acceptors (Lipinski definition) is 3. The minimum Gasteiger partial charge on any atom is -0.493 e. The van der Waals surface area contributed by atoms with Gasteiger partial charge in [0.1, 0.15) is 11.4 Å². The van der Waals surface area contributed by atoms with Gasteiger partial charge in [-0.25, -0.2) is 0 Å². The summed E-state index contributed by atoms with van der Waals surface area (Å²) in [6.45, 7) is 9.51. The third-order valence-corrected chi connectivity index (χ3v) is 4.68. The van der Waals surface area contributed by atoms with Gasteiger partial charge in [0.05, 0.1) is 6.61 Å². The number of aryl methyl sites for hydroxylation is 1. The van der Waals surface area contributed by atoms with E-state index in [9.17, 15) is 4.79 Å². The van der Waals surface area contributed by atoms with Gasteiger partial charge in [-0.1, -0.05) is 20.3 Å². The van der Waals surface area contributed by atoms with E-state index in [4.69, 9.17) is 9.47 Å². The number of hydrogen-bond donors (Lipinski definition) is 1. The molecule has 0 bridgehead atoms. The van der Waals surface area contributed by atoms with Crippen LogP contribution in [0, 0.1) is 12.8 Å². The molecule has 0 heterocycles. The van der Waals surface area contributed by atoms with Crippen LogP contribution >= 0.6 is 0 Å². The monoisotopic (exact) mass is 333 g/mol. The smallest absolute Gasteiger partial charge is 0.256 e. The lowest BCUT2D eigenvalue weighted by Gasteiger charge is -2.38. The van der Waals surface area contributed by atoms with Crippen molar-refractivity contribution in [3.05, 3.63) is 23.8 Å². The molecule has 1 aromatic carbocycles. The molecule has 1 aromatic rings. The third-order valence-electron chi connectivity index (χ3n) is 4.68. The van der Waals surface area contributed by atoms with Gasteiger partial charge in [-0.05, 0) is 69.2 Å². The molecule has 0 radical (unpaired) electrons. The second kappa shape index (κ2) is 8.52. The number of carbonyl (C=O) groups excluding carboxylic acids is 1. The van der Waals surface area contributed by atoms with Crippen LogP contribution in [-0.2, 0) is 9.53 Å². The average molecular weight is 333 g/mol. The molecule has 0 saturated heterocycles. The molecule has 0 aliphatic heterocycles. The van der Waals surface area contributed by atoms with Crippen LogP contribution in [0.1, 0.15) is 58.4 Å². The average Bonchev–Trinajstić information content (AvgIpc) is 2.54. The fourth-order valence-corrected chi connectivity index (χ4v) is 3.53. The first kappa shape index (κ1) is 18.8. The molecule has 0 aromatic heterocycles. The summed E-state index contributed by atoms with van der Waals surface area (Å²) in [5, 5.41) is 3.06. The van der Waals surface area contributed by atoms with Gasteiger partial charge in [-0.3, -0.25) is 4.79 Å². The molecule has 4 nitrogen and oxygen atoms in total. The number of nitrogens with one attached hydrogen (secondary N) is 1. The van der Waals surface area contributed by atoms with Gasteiger partial charge < -0.3 is 14.8 Å². The summed E-state index contributed by atoms with van der Waals surface area (Å²) in [7, 11) is 0. The summed E-state index contributed by atoms with van der Waals surface area (Å²) in [6.07, 6.45) is 4.78. The molecular weight excluding hydrogens is 302 g/mol. The summed E-state index contributed by atoms with van der Waals surface area (Å²) in [5.74, 6) is 1.38. The van der Waals surface area contributed by atoms with Gasteiger partial charge in [0, 0.05) is 12.3 Å². The maximum atomic E-state index is 12.9. The minimum absolute atomic E-state index is 0.0162. The minimum atomic E-state index is -0.683. The molecule has 1 N–H and O–H groups in total. The molecule has 134 valence electrons. The first-order chi connectivity index (χ1) is 11.5. The maximum absolute atomic E-state index is 12.9. The fraction of sp³-hybridized carbons (Fsp3) is 0.650. The van der Waals surface area contributed by atoms with Crippen molar-refractivity contribution in [3.8, 4) is 5.75 Å². The topological polar surface area (TPSA) is 47.6 Å². The standard InChI is InChI=1S/C20H31NO3/c1-5-12-23-18-10-9-17(13-16(18)4)21-19(22)20(24-6-2)11-7-8-15(3)14-20/h9-10,13,15H,5-8,11-12,14H2,1-4H3,(H,21,22)/t15-,20+/m0/s1. The van der Waals surface area contributed by atoms with E-state index in [0.717, 1.165) is 42.7 Å². The Balaban J connectivity index is 2.10. The Kier molecular flexibility index (Phi) is 6.67. The molecule has 1 aliphatic rings.